The molecule has 4 aliphatic rings. The monoisotopic (exact) mass is 810 g/mol. The molecule has 8 rings (SSSR count). The number of carboxylic acid groups (broad SMARTS) is 4. The van der Waals surface area contributed by atoms with Crippen LogP contribution in [-0.4, -0.2) is 54.5 Å². The van der Waals surface area contributed by atoms with Gasteiger partial charge in [-0.25, -0.2) is 19.2 Å². The van der Waals surface area contributed by atoms with Gasteiger partial charge < -0.3 is 50.9 Å². The van der Waals surface area contributed by atoms with Crippen molar-refractivity contribution in [1.82, 2.24) is 0 Å². The molecule has 4 aromatic rings. The summed E-state index contributed by atoms with van der Waals surface area (Å²) in [6.07, 6.45) is 0. The molecule has 60 heavy (non-hydrogen) atoms. The standard InChI is InChI=1S/2C22H15NO7/c2*23-9-16-17(25)6-5-14-19(13-4-2-11(24)8-18(13)30-20(14)16)15-7-10(21(26)27)1-3-12(15)22(28)29/h2*1-8,25H,9,23H2,(H,26,27)(H,28,29). The van der Waals surface area contributed by atoms with Crippen LogP contribution >= 0.6 is 0 Å². The van der Waals surface area contributed by atoms with Gasteiger partial charge in [-0.15, -0.1) is 0 Å². The first-order valence-electron chi connectivity index (χ1n) is 17.7. The Balaban J connectivity index is 0.000000181. The van der Waals surface area contributed by atoms with Crippen LogP contribution in [0, 0.1) is 0 Å². The predicted molar refractivity (Wildman–Crippen MR) is 216 cm³/mol. The number of hydrogen-bond donors (Lipinski definition) is 8. The van der Waals surface area contributed by atoms with Crippen molar-refractivity contribution < 1.29 is 58.7 Å². The normalized spacial score (nSPS) is 11.1. The fraction of sp³-hybridized carbons (Fsp3) is 0.0455. The van der Waals surface area contributed by atoms with Gasteiger partial charge >= 0.3 is 23.9 Å². The van der Waals surface area contributed by atoms with Crippen LogP contribution in [0.15, 0.2) is 115 Å². The minimum atomic E-state index is -1.25. The quantitative estimate of drug-likeness (QED) is 0.0786. The van der Waals surface area contributed by atoms with Crippen LogP contribution < -0.4 is 22.3 Å². The lowest BCUT2D eigenvalue weighted by atomic mass is 9.89. The SMILES string of the molecule is NCc1c(O)ccc2c(-c3cc(C(=O)O)ccc3C(=O)O)c3ccc(=O)cc-3oc12.NCc1c(O)ccc2c(-c3cc(C(=O)O)ccc3C(=O)O)c3ccc(=O)cc-3oc12. The number of aromatic carboxylic acids is 4. The number of hydrogen-bond acceptors (Lipinski definition) is 12. The average Bonchev–Trinajstić information content (AvgIpc) is 3.21. The van der Waals surface area contributed by atoms with Crippen LogP contribution in [-0.2, 0) is 13.1 Å². The summed E-state index contributed by atoms with van der Waals surface area (Å²) in [5.74, 6) is -4.85. The molecule has 0 atom stereocenters. The summed E-state index contributed by atoms with van der Waals surface area (Å²) in [4.78, 5) is 70.7. The van der Waals surface area contributed by atoms with Crippen LogP contribution in [0.1, 0.15) is 52.6 Å². The van der Waals surface area contributed by atoms with Gasteiger partial charge in [-0.05, 0) is 96.1 Å². The van der Waals surface area contributed by atoms with Crippen LogP contribution in [0.3, 0.4) is 0 Å². The molecule has 16 heteroatoms. The van der Waals surface area contributed by atoms with Gasteiger partial charge in [0, 0.05) is 58.2 Å². The maximum absolute atomic E-state index is 11.9. The van der Waals surface area contributed by atoms with Crippen molar-refractivity contribution in [1.29, 1.82) is 0 Å². The van der Waals surface area contributed by atoms with E-state index in [2.05, 4.69) is 0 Å². The molecule has 0 amide bonds. The lowest BCUT2D eigenvalue weighted by molar-refractivity contribution is 0.0682. The van der Waals surface area contributed by atoms with Gasteiger partial charge in [0.15, 0.2) is 10.9 Å². The van der Waals surface area contributed by atoms with Crippen molar-refractivity contribution in [2.75, 3.05) is 0 Å². The Hall–Kier alpha value is -8.34. The maximum Gasteiger partial charge on any atom is 0.336 e. The molecule has 16 nitrogen and oxygen atoms in total. The second kappa shape index (κ2) is 15.5. The van der Waals surface area contributed by atoms with Gasteiger partial charge in [-0.2, -0.15) is 0 Å². The van der Waals surface area contributed by atoms with E-state index in [1.165, 1.54) is 97.1 Å². The Kier molecular flexibility index (Phi) is 10.3. The van der Waals surface area contributed by atoms with E-state index in [1.54, 1.807) is 0 Å². The summed E-state index contributed by atoms with van der Waals surface area (Å²) >= 11 is 0. The van der Waals surface area contributed by atoms with Gasteiger partial charge in [-0.1, -0.05) is 0 Å². The van der Waals surface area contributed by atoms with Gasteiger partial charge in [0.05, 0.1) is 33.4 Å². The number of benzene rings is 6. The molecule has 0 saturated carbocycles. The smallest absolute Gasteiger partial charge is 0.336 e. The second-order valence-electron chi connectivity index (χ2n) is 13.3. The molecule has 2 heterocycles. The molecule has 0 fully saturated rings. The minimum Gasteiger partial charge on any atom is -0.507 e. The minimum absolute atomic E-state index is 0.0738. The highest BCUT2D eigenvalue weighted by molar-refractivity contribution is 6.11. The van der Waals surface area contributed by atoms with Crippen molar-refractivity contribution in [3.8, 4) is 56.4 Å². The fourth-order valence-electron chi connectivity index (χ4n) is 7.08. The largest absolute Gasteiger partial charge is 0.507 e. The number of rotatable bonds is 8. The van der Waals surface area contributed by atoms with Crippen LogP contribution in [0.2, 0.25) is 0 Å². The third kappa shape index (κ3) is 6.99. The van der Waals surface area contributed by atoms with Gasteiger partial charge in [-0.3, -0.25) is 9.59 Å². The van der Waals surface area contributed by atoms with E-state index in [1.807, 2.05) is 0 Å². The highest BCUT2D eigenvalue weighted by atomic mass is 16.4. The van der Waals surface area contributed by atoms with Crippen LogP contribution in [0.5, 0.6) is 11.5 Å². The zero-order chi connectivity index (χ0) is 43.2. The Morgan fingerprint density at radius 1 is 0.467 bits per heavy atom. The molecule has 2 aliphatic heterocycles. The van der Waals surface area contributed by atoms with Gasteiger partial charge in [0.1, 0.15) is 34.2 Å². The van der Waals surface area contributed by atoms with Crippen LogP contribution in [0.25, 0.3) is 66.8 Å². The number of nitrogens with two attached hydrogens (primary N) is 2. The maximum atomic E-state index is 11.9. The summed E-state index contributed by atoms with van der Waals surface area (Å²) in [5.41, 5.74) is 13.2. The summed E-state index contributed by atoms with van der Waals surface area (Å²) < 4.78 is 11.7. The lowest BCUT2D eigenvalue weighted by Crippen LogP contribution is -2.06. The third-order valence-corrected chi connectivity index (χ3v) is 9.82. The van der Waals surface area contributed by atoms with Crippen molar-refractivity contribution in [2.24, 2.45) is 11.5 Å². The van der Waals surface area contributed by atoms with Crippen LogP contribution in [0.4, 0.5) is 0 Å². The zero-order valence-electron chi connectivity index (χ0n) is 30.8. The summed E-state index contributed by atoms with van der Waals surface area (Å²) in [6, 6.07) is 21.3. The number of carboxylic acids is 4. The lowest BCUT2D eigenvalue weighted by Gasteiger charge is -2.18. The third-order valence-electron chi connectivity index (χ3n) is 9.82. The molecule has 0 saturated heterocycles. The zero-order valence-corrected chi connectivity index (χ0v) is 30.8. The molecule has 2 aliphatic carbocycles. The number of phenolic OH excluding ortho intramolecular Hbond substituents is 2. The average molecular weight is 811 g/mol. The van der Waals surface area contributed by atoms with Crippen molar-refractivity contribution in [3.05, 3.63) is 151 Å². The van der Waals surface area contributed by atoms with E-state index >= 15 is 0 Å². The Bertz CT molecular complexity index is 2950. The number of phenols is 2. The topological polar surface area (TPSA) is 302 Å². The molecule has 300 valence electrons. The molecule has 0 unspecified atom stereocenters. The molecule has 0 bridgehead atoms. The highest BCUT2D eigenvalue weighted by Crippen LogP contribution is 2.45. The van der Waals surface area contributed by atoms with Gasteiger partial charge in [0.2, 0.25) is 0 Å². The first kappa shape index (κ1) is 39.9. The summed E-state index contributed by atoms with van der Waals surface area (Å²) in [7, 11) is 0. The Labute approximate surface area is 335 Å². The second-order valence-corrected chi connectivity index (χ2v) is 13.3. The summed E-state index contributed by atoms with van der Waals surface area (Å²) in [6.45, 7) is -0.148. The molecular weight excluding hydrogens is 780 g/mol. The van der Waals surface area contributed by atoms with Gasteiger partial charge in [0.25, 0.3) is 0 Å². The molecular formula is C44H30N2O14. The van der Waals surface area contributed by atoms with E-state index < -0.39 is 23.9 Å². The molecule has 0 aromatic heterocycles. The molecule has 0 radical (unpaired) electrons. The summed E-state index contributed by atoms with van der Waals surface area (Å²) in [5, 5.41) is 59.4. The fourth-order valence-corrected chi connectivity index (χ4v) is 7.08. The van der Waals surface area contributed by atoms with Crippen molar-refractivity contribution in [3.63, 3.8) is 0 Å². The first-order chi connectivity index (χ1) is 28.6. The van der Waals surface area contributed by atoms with Crippen molar-refractivity contribution in [2.45, 2.75) is 13.1 Å². The van der Waals surface area contributed by atoms with E-state index in [4.69, 9.17) is 20.3 Å². The Morgan fingerprint density at radius 2 is 0.850 bits per heavy atom. The first-order valence-corrected chi connectivity index (χ1v) is 17.7. The molecule has 0 spiro atoms. The number of aromatic hydroxyl groups is 2. The van der Waals surface area contributed by atoms with E-state index in [0.717, 1.165) is 0 Å². The molecule has 10 N–H and O–H groups in total. The van der Waals surface area contributed by atoms with E-state index in [9.17, 15) is 59.4 Å². The number of fused-ring (bicyclic) bond motifs is 4. The number of carbonyl (C=O) groups is 4. The van der Waals surface area contributed by atoms with E-state index in [-0.39, 0.29) is 103 Å². The predicted octanol–water partition coefficient (Wildman–Crippen LogP) is 6.25. The van der Waals surface area contributed by atoms with Crippen molar-refractivity contribution >= 4 is 45.8 Å². The molecule has 4 aromatic carbocycles. The van der Waals surface area contributed by atoms with E-state index in [0.29, 0.717) is 33.0 Å². The Morgan fingerprint density at radius 3 is 1.18 bits per heavy atom. The highest BCUT2D eigenvalue weighted by Gasteiger charge is 2.26.